The maximum Gasteiger partial charge on any atom is 0.326 e. The Morgan fingerprint density at radius 2 is 2.00 bits per heavy atom. The third-order valence-corrected chi connectivity index (χ3v) is 3.79. The molecule has 27 heavy (non-hydrogen) atoms. The van der Waals surface area contributed by atoms with Crippen LogP contribution in [0.4, 0.5) is 10.5 Å². The summed E-state index contributed by atoms with van der Waals surface area (Å²) in [4.78, 5) is 24.5. The number of methoxy groups -OCH3 is 2. The third-order valence-electron chi connectivity index (χ3n) is 3.52. The van der Waals surface area contributed by atoms with Crippen LogP contribution >= 0.6 is 11.6 Å². The number of halogens is 1. The molecular formula is C18H23ClN4O4. The SMILES string of the molecule is CCC(NCCCCl)=C(C#N)C(=O)NC(=O)Nc1cc(OC)ccc1OC. The van der Waals surface area contributed by atoms with E-state index in [1.807, 2.05) is 6.07 Å². The minimum absolute atomic E-state index is 0.153. The second-order valence-electron chi connectivity index (χ2n) is 5.26. The molecular weight excluding hydrogens is 372 g/mol. The number of imide groups is 1. The highest BCUT2D eigenvalue weighted by Crippen LogP contribution is 2.28. The molecule has 8 nitrogen and oxygen atoms in total. The number of allylic oxidation sites excluding steroid dienone is 1. The van der Waals surface area contributed by atoms with Gasteiger partial charge in [-0.25, -0.2) is 4.79 Å². The standard InChI is InChI=1S/C18H23ClN4O4/c1-4-14(21-9-5-8-19)13(11-20)17(24)23-18(25)22-15-10-12(26-2)6-7-16(15)27-3/h6-7,10,21H,4-5,8-9H2,1-3H3,(H2,22,23,24,25). The number of nitrogens with zero attached hydrogens (tertiary/aromatic N) is 1. The van der Waals surface area contributed by atoms with Gasteiger partial charge in [-0.1, -0.05) is 6.92 Å². The molecule has 0 heterocycles. The Labute approximate surface area is 163 Å². The van der Waals surface area contributed by atoms with Crippen LogP contribution in [0.3, 0.4) is 0 Å². The maximum absolute atomic E-state index is 12.3. The quantitative estimate of drug-likeness (QED) is 0.257. The van der Waals surface area contributed by atoms with Crippen molar-refractivity contribution in [1.29, 1.82) is 5.26 Å². The normalized spacial score (nSPS) is 10.9. The first kappa shape index (κ1) is 22.1. The lowest BCUT2D eigenvalue weighted by Gasteiger charge is -2.13. The number of alkyl halides is 1. The summed E-state index contributed by atoms with van der Waals surface area (Å²) in [6.45, 7) is 2.33. The van der Waals surface area contributed by atoms with Gasteiger partial charge in [0.25, 0.3) is 5.91 Å². The highest BCUT2D eigenvalue weighted by atomic mass is 35.5. The average Bonchev–Trinajstić information content (AvgIpc) is 2.67. The van der Waals surface area contributed by atoms with Crippen LogP contribution < -0.4 is 25.4 Å². The molecule has 0 atom stereocenters. The molecule has 0 bridgehead atoms. The number of amides is 3. The first-order valence-corrected chi connectivity index (χ1v) is 8.81. The van der Waals surface area contributed by atoms with Crippen molar-refractivity contribution in [3.8, 4) is 17.6 Å². The molecule has 0 aliphatic heterocycles. The van der Waals surface area contributed by atoms with Crippen LogP contribution in [-0.2, 0) is 4.79 Å². The lowest BCUT2D eigenvalue weighted by atomic mass is 10.1. The number of nitriles is 1. The number of benzene rings is 1. The summed E-state index contributed by atoms with van der Waals surface area (Å²) in [6.07, 6.45) is 1.12. The fourth-order valence-electron chi connectivity index (χ4n) is 2.18. The molecule has 0 aliphatic carbocycles. The molecule has 0 saturated heterocycles. The monoisotopic (exact) mass is 394 g/mol. The number of hydrogen-bond donors (Lipinski definition) is 3. The number of ether oxygens (including phenoxy) is 2. The Morgan fingerprint density at radius 3 is 2.56 bits per heavy atom. The van der Waals surface area contributed by atoms with Crippen LogP contribution in [0.1, 0.15) is 19.8 Å². The van der Waals surface area contributed by atoms with Crippen molar-refractivity contribution in [2.75, 3.05) is 32.0 Å². The topological polar surface area (TPSA) is 112 Å². The van der Waals surface area contributed by atoms with E-state index in [1.54, 1.807) is 25.1 Å². The van der Waals surface area contributed by atoms with Crippen LogP contribution in [0, 0.1) is 11.3 Å². The number of rotatable bonds is 9. The molecule has 0 aromatic heterocycles. The summed E-state index contributed by atoms with van der Waals surface area (Å²) in [5.41, 5.74) is 0.618. The van der Waals surface area contributed by atoms with Gasteiger partial charge in [0.05, 0.1) is 19.9 Å². The summed E-state index contributed by atoms with van der Waals surface area (Å²) in [7, 11) is 2.94. The molecule has 146 valence electrons. The van der Waals surface area contributed by atoms with Crippen molar-refractivity contribution in [1.82, 2.24) is 10.6 Å². The van der Waals surface area contributed by atoms with Crippen molar-refractivity contribution in [3.63, 3.8) is 0 Å². The van der Waals surface area contributed by atoms with E-state index in [1.165, 1.54) is 14.2 Å². The van der Waals surface area contributed by atoms with Gasteiger partial charge in [0, 0.05) is 24.2 Å². The Balaban J connectivity index is 2.88. The lowest BCUT2D eigenvalue weighted by molar-refractivity contribution is -0.116. The van der Waals surface area contributed by atoms with E-state index in [-0.39, 0.29) is 5.57 Å². The average molecular weight is 395 g/mol. The summed E-state index contributed by atoms with van der Waals surface area (Å²) in [5, 5.41) is 17.0. The molecule has 9 heteroatoms. The van der Waals surface area contributed by atoms with Gasteiger partial charge < -0.3 is 20.1 Å². The number of carbonyl (C=O) groups excluding carboxylic acids is 2. The molecule has 0 spiro atoms. The van der Waals surface area contributed by atoms with E-state index in [0.29, 0.717) is 48.1 Å². The molecule has 0 aliphatic rings. The van der Waals surface area contributed by atoms with Gasteiger partial charge in [0.2, 0.25) is 0 Å². The van der Waals surface area contributed by atoms with Gasteiger partial charge in [-0.15, -0.1) is 11.6 Å². The molecule has 3 N–H and O–H groups in total. The lowest BCUT2D eigenvalue weighted by Crippen LogP contribution is -2.36. The van der Waals surface area contributed by atoms with Gasteiger partial charge >= 0.3 is 6.03 Å². The minimum atomic E-state index is -0.799. The van der Waals surface area contributed by atoms with Crippen molar-refractivity contribution in [3.05, 3.63) is 29.5 Å². The highest BCUT2D eigenvalue weighted by molar-refractivity contribution is 6.17. The highest BCUT2D eigenvalue weighted by Gasteiger charge is 2.18. The first-order chi connectivity index (χ1) is 13.0. The molecule has 0 saturated carbocycles. The van der Waals surface area contributed by atoms with Crippen LogP contribution in [0.2, 0.25) is 0 Å². The van der Waals surface area contributed by atoms with E-state index in [9.17, 15) is 14.9 Å². The molecule has 0 fully saturated rings. The van der Waals surface area contributed by atoms with Crippen molar-refractivity contribution in [2.24, 2.45) is 0 Å². The predicted molar refractivity (Wildman–Crippen MR) is 103 cm³/mol. The molecule has 3 amide bonds. The van der Waals surface area contributed by atoms with Crippen LogP contribution in [0.15, 0.2) is 29.5 Å². The second kappa shape index (κ2) is 11.6. The summed E-state index contributed by atoms with van der Waals surface area (Å²) < 4.78 is 10.3. The van der Waals surface area contributed by atoms with Gasteiger partial charge in [-0.3, -0.25) is 10.1 Å². The van der Waals surface area contributed by atoms with Gasteiger partial charge in [0.15, 0.2) is 0 Å². The molecule has 1 aromatic carbocycles. The third kappa shape index (κ3) is 6.72. The largest absolute Gasteiger partial charge is 0.497 e. The number of nitrogens with one attached hydrogen (secondary N) is 3. The van der Waals surface area contributed by atoms with Gasteiger partial charge in [-0.2, -0.15) is 5.26 Å². The Bertz CT molecular complexity index is 743. The summed E-state index contributed by atoms with van der Waals surface area (Å²) >= 11 is 5.62. The zero-order valence-corrected chi connectivity index (χ0v) is 16.3. The van der Waals surface area contributed by atoms with E-state index < -0.39 is 11.9 Å². The Hall–Kier alpha value is -2.92. The Kier molecular flexibility index (Phi) is 9.54. The molecule has 1 rings (SSSR count). The number of urea groups is 1. The van der Waals surface area contributed by atoms with Gasteiger partial charge in [-0.05, 0) is 25.0 Å². The predicted octanol–water partition coefficient (Wildman–Crippen LogP) is 2.76. The van der Waals surface area contributed by atoms with Crippen LogP contribution in [-0.4, -0.2) is 38.6 Å². The van der Waals surface area contributed by atoms with E-state index in [0.717, 1.165) is 0 Å². The summed E-state index contributed by atoms with van der Waals surface area (Å²) in [6, 6.07) is 5.88. The number of anilines is 1. The maximum atomic E-state index is 12.3. The van der Waals surface area contributed by atoms with Crippen LogP contribution in [0.5, 0.6) is 11.5 Å². The second-order valence-corrected chi connectivity index (χ2v) is 5.64. The van der Waals surface area contributed by atoms with E-state index >= 15 is 0 Å². The fraction of sp³-hybridized carbons (Fsp3) is 0.389. The molecule has 1 aromatic rings. The fourth-order valence-corrected chi connectivity index (χ4v) is 2.32. The Morgan fingerprint density at radius 1 is 1.26 bits per heavy atom. The smallest absolute Gasteiger partial charge is 0.326 e. The number of hydrogen-bond acceptors (Lipinski definition) is 6. The number of carbonyl (C=O) groups is 2. The minimum Gasteiger partial charge on any atom is -0.497 e. The van der Waals surface area contributed by atoms with Crippen molar-refractivity contribution >= 4 is 29.2 Å². The van der Waals surface area contributed by atoms with E-state index in [2.05, 4.69) is 16.0 Å². The molecule has 0 radical (unpaired) electrons. The zero-order chi connectivity index (χ0) is 20.2. The first-order valence-electron chi connectivity index (χ1n) is 8.28. The summed E-state index contributed by atoms with van der Waals surface area (Å²) in [5.74, 6) is 0.563. The van der Waals surface area contributed by atoms with Crippen LogP contribution in [0.25, 0.3) is 0 Å². The van der Waals surface area contributed by atoms with Crippen molar-refractivity contribution < 1.29 is 19.1 Å². The van der Waals surface area contributed by atoms with Crippen molar-refractivity contribution in [2.45, 2.75) is 19.8 Å². The van der Waals surface area contributed by atoms with E-state index in [4.69, 9.17) is 21.1 Å². The zero-order valence-electron chi connectivity index (χ0n) is 15.5. The molecule has 0 unspecified atom stereocenters. The van der Waals surface area contributed by atoms with Gasteiger partial charge in [0.1, 0.15) is 23.1 Å².